The van der Waals surface area contributed by atoms with Crippen LogP contribution >= 0.6 is 11.6 Å². The molecule has 3 aromatic rings. The summed E-state index contributed by atoms with van der Waals surface area (Å²) >= 11 is 6.19. The third-order valence-corrected chi connectivity index (χ3v) is 4.14. The van der Waals surface area contributed by atoms with Crippen molar-refractivity contribution in [1.82, 2.24) is 9.78 Å². The number of nitrogens with zero attached hydrogens (tertiary/aromatic N) is 2. The van der Waals surface area contributed by atoms with Crippen LogP contribution in [0.1, 0.15) is 26.3 Å². The molecule has 0 aliphatic heterocycles. The van der Waals surface area contributed by atoms with Crippen LogP contribution in [-0.2, 0) is 12.1 Å². The van der Waals surface area contributed by atoms with Crippen molar-refractivity contribution in [3.8, 4) is 17.2 Å². The van der Waals surface area contributed by atoms with E-state index in [2.05, 4.69) is 5.10 Å². The van der Waals surface area contributed by atoms with E-state index in [-0.39, 0.29) is 22.9 Å². The summed E-state index contributed by atoms with van der Waals surface area (Å²) in [5.74, 6) is 1.72. The van der Waals surface area contributed by atoms with Gasteiger partial charge in [-0.05, 0) is 50.6 Å². The zero-order chi connectivity index (χ0) is 19.4. The maximum Gasteiger partial charge on any atom is 0.289 e. The molecule has 140 valence electrons. The lowest BCUT2D eigenvalue weighted by atomic mass is 10.1. The van der Waals surface area contributed by atoms with Crippen molar-refractivity contribution in [2.24, 2.45) is 0 Å². The second-order valence-electron chi connectivity index (χ2n) is 7.06. The first-order chi connectivity index (χ1) is 12.8. The van der Waals surface area contributed by atoms with E-state index in [0.717, 1.165) is 11.3 Å². The Balaban J connectivity index is 1.73. The molecule has 0 atom stereocenters. The summed E-state index contributed by atoms with van der Waals surface area (Å²) in [6.45, 7) is 5.90. The molecular formula is C21H21ClN2O3. The van der Waals surface area contributed by atoms with E-state index >= 15 is 0 Å². The van der Waals surface area contributed by atoms with Crippen molar-refractivity contribution in [1.29, 1.82) is 0 Å². The van der Waals surface area contributed by atoms with E-state index < -0.39 is 5.54 Å². The minimum absolute atomic E-state index is 0.0246. The van der Waals surface area contributed by atoms with Crippen molar-refractivity contribution >= 4 is 11.6 Å². The Bertz CT molecular complexity index is 979. The standard InChI is InChI=1S/C21H21ClN2O3/c1-21(2,3)24-20(25)19(22)18(13-23-24)26-14-15-8-7-11-17(12-15)27-16-9-5-4-6-10-16/h4-13H,14H2,1-3H3. The number of aromatic nitrogens is 2. The van der Waals surface area contributed by atoms with Crippen LogP contribution in [0.4, 0.5) is 0 Å². The van der Waals surface area contributed by atoms with Crippen molar-refractivity contribution in [3.05, 3.63) is 81.7 Å². The van der Waals surface area contributed by atoms with Crippen molar-refractivity contribution in [2.45, 2.75) is 32.9 Å². The molecule has 0 aliphatic carbocycles. The van der Waals surface area contributed by atoms with Gasteiger partial charge in [-0.25, -0.2) is 4.68 Å². The summed E-state index contributed by atoms with van der Waals surface area (Å²) < 4.78 is 12.9. The molecular weight excluding hydrogens is 364 g/mol. The fourth-order valence-electron chi connectivity index (χ4n) is 2.48. The summed E-state index contributed by atoms with van der Waals surface area (Å²) in [6.07, 6.45) is 1.47. The fraction of sp³-hybridized carbons (Fsp3) is 0.238. The first-order valence-corrected chi connectivity index (χ1v) is 8.95. The number of hydrogen-bond acceptors (Lipinski definition) is 4. The van der Waals surface area contributed by atoms with E-state index in [0.29, 0.717) is 5.75 Å². The van der Waals surface area contributed by atoms with E-state index in [1.54, 1.807) is 0 Å². The smallest absolute Gasteiger partial charge is 0.289 e. The van der Waals surface area contributed by atoms with Crippen LogP contribution in [0.2, 0.25) is 5.02 Å². The zero-order valence-electron chi connectivity index (χ0n) is 15.5. The number of hydrogen-bond donors (Lipinski definition) is 0. The van der Waals surface area contributed by atoms with Gasteiger partial charge in [0, 0.05) is 0 Å². The van der Waals surface area contributed by atoms with Crippen LogP contribution in [0.5, 0.6) is 17.2 Å². The van der Waals surface area contributed by atoms with Gasteiger partial charge in [-0.2, -0.15) is 5.10 Å². The van der Waals surface area contributed by atoms with Gasteiger partial charge >= 0.3 is 0 Å². The maximum absolute atomic E-state index is 12.4. The highest BCUT2D eigenvalue weighted by Gasteiger charge is 2.20. The average molecular weight is 385 g/mol. The Morgan fingerprint density at radius 1 is 1.04 bits per heavy atom. The molecule has 0 aliphatic rings. The molecule has 2 aromatic carbocycles. The molecule has 6 heteroatoms. The number of ether oxygens (including phenoxy) is 2. The Kier molecular flexibility index (Phi) is 5.51. The highest BCUT2D eigenvalue weighted by molar-refractivity contribution is 6.31. The first kappa shape index (κ1) is 19.0. The zero-order valence-corrected chi connectivity index (χ0v) is 16.2. The van der Waals surface area contributed by atoms with Gasteiger partial charge in [0.05, 0.1) is 11.7 Å². The quantitative estimate of drug-likeness (QED) is 0.619. The molecule has 0 saturated carbocycles. The monoisotopic (exact) mass is 384 g/mol. The normalized spacial score (nSPS) is 11.3. The molecule has 27 heavy (non-hydrogen) atoms. The van der Waals surface area contributed by atoms with E-state index in [1.165, 1.54) is 10.9 Å². The van der Waals surface area contributed by atoms with Crippen LogP contribution in [0.3, 0.4) is 0 Å². The minimum atomic E-state index is -0.456. The highest BCUT2D eigenvalue weighted by Crippen LogP contribution is 2.24. The Labute approximate surface area is 163 Å². The van der Waals surface area contributed by atoms with Gasteiger partial charge in [0.25, 0.3) is 5.56 Å². The lowest BCUT2D eigenvalue weighted by Gasteiger charge is -2.21. The Morgan fingerprint density at radius 3 is 2.44 bits per heavy atom. The van der Waals surface area contributed by atoms with E-state index in [4.69, 9.17) is 21.1 Å². The topological polar surface area (TPSA) is 53.4 Å². The molecule has 5 nitrogen and oxygen atoms in total. The molecule has 3 rings (SSSR count). The largest absolute Gasteiger partial charge is 0.485 e. The predicted octanol–water partition coefficient (Wildman–Crippen LogP) is 5.02. The van der Waals surface area contributed by atoms with E-state index in [9.17, 15) is 4.79 Å². The predicted molar refractivity (Wildman–Crippen MR) is 106 cm³/mol. The Morgan fingerprint density at radius 2 is 1.74 bits per heavy atom. The second kappa shape index (κ2) is 7.84. The van der Waals surface area contributed by atoms with Gasteiger partial charge in [0.2, 0.25) is 0 Å². The average Bonchev–Trinajstić information content (AvgIpc) is 2.63. The summed E-state index contributed by atoms with van der Waals surface area (Å²) in [5.41, 5.74) is 0.0601. The molecule has 0 N–H and O–H groups in total. The van der Waals surface area contributed by atoms with Crippen LogP contribution in [0.25, 0.3) is 0 Å². The first-order valence-electron chi connectivity index (χ1n) is 8.57. The van der Waals surface area contributed by atoms with Crippen LogP contribution < -0.4 is 15.0 Å². The Hall–Kier alpha value is -2.79. The molecule has 0 saturated heterocycles. The van der Waals surface area contributed by atoms with E-state index in [1.807, 2.05) is 75.4 Å². The minimum Gasteiger partial charge on any atom is -0.485 e. The van der Waals surface area contributed by atoms with Crippen molar-refractivity contribution in [2.75, 3.05) is 0 Å². The number of para-hydroxylation sites is 1. The van der Waals surface area contributed by atoms with Gasteiger partial charge in [0.15, 0.2) is 10.8 Å². The second-order valence-corrected chi connectivity index (χ2v) is 7.44. The van der Waals surface area contributed by atoms with Gasteiger partial charge in [-0.15, -0.1) is 0 Å². The molecule has 0 unspecified atom stereocenters. The molecule has 1 aromatic heterocycles. The fourth-order valence-corrected chi connectivity index (χ4v) is 2.66. The molecule has 0 radical (unpaired) electrons. The number of halogens is 1. The summed E-state index contributed by atoms with van der Waals surface area (Å²) in [5, 5.41) is 4.19. The summed E-state index contributed by atoms with van der Waals surface area (Å²) in [7, 11) is 0. The van der Waals surface area contributed by atoms with Crippen molar-refractivity contribution < 1.29 is 9.47 Å². The lowest BCUT2D eigenvalue weighted by molar-refractivity contribution is 0.291. The summed E-state index contributed by atoms with van der Waals surface area (Å²) in [4.78, 5) is 12.4. The van der Waals surface area contributed by atoms with Gasteiger partial charge < -0.3 is 9.47 Å². The third kappa shape index (κ3) is 4.68. The molecule has 1 heterocycles. The SMILES string of the molecule is CC(C)(C)n1ncc(OCc2cccc(Oc3ccccc3)c2)c(Cl)c1=O. The maximum atomic E-state index is 12.4. The van der Waals surface area contributed by atoms with Gasteiger partial charge in [0.1, 0.15) is 18.1 Å². The van der Waals surface area contributed by atoms with Crippen molar-refractivity contribution in [3.63, 3.8) is 0 Å². The van der Waals surface area contributed by atoms with Crippen LogP contribution in [0.15, 0.2) is 65.6 Å². The van der Waals surface area contributed by atoms with Gasteiger partial charge in [-0.1, -0.05) is 41.9 Å². The number of benzene rings is 2. The molecule has 0 amide bonds. The molecule has 0 bridgehead atoms. The molecule has 0 spiro atoms. The number of rotatable bonds is 5. The lowest BCUT2D eigenvalue weighted by Crippen LogP contribution is -2.36. The van der Waals surface area contributed by atoms with Crippen LogP contribution in [-0.4, -0.2) is 9.78 Å². The van der Waals surface area contributed by atoms with Crippen LogP contribution in [0, 0.1) is 0 Å². The highest BCUT2D eigenvalue weighted by atomic mass is 35.5. The molecule has 0 fully saturated rings. The third-order valence-electron chi connectivity index (χ3n) is 3.79. The summed E-state index contributed by atoms with van der Waals surface area (Å²) in [6, 6.07) is 17.1. The van der Waals surface area contributed by atoms with Gasteiger partial charge in [-0.3, -0.25) is 4.79 Å².